The standard InChI is InChI=1S/C19H32.C15H24.C13H20.2C11H16.C9H12.C8H10.C7H16.2C5H12.C4H10.C2H6.CH3Br.CH4/c1-4-6-8-10-12-18-14-17(3)15-19(16-18)13-11-9-7-5-2;1-11-8-12(14(2,3)4)10-13(9-11)15(5,6)7;1-3-4-5-6-7-13-10-8-12(2)9-11-13;1-9-5-7-10(8-6-9)11(2,3)4;1-3-4-5-11-8-6-10(2)7-9-11;1-7-4-8(2)6-9(3)5-7;1-7-3-5-8(2)6-4-7;1-3-5-7-6-4-2;1-5(2,3)4;1-3-5-4-2;1-3-4-2;2*1-2;/h14-16H,4-13H2,1-3H3;8-10H,1-7H3;8-11H,3-7H2,1-2H3;5-8H,1-4H3;6-9H,3-5H2,1-2H3;4-6H,1-3H3;3-6H,1-2H3;3-7H2,1-2H3;1-4H3;3-5H2,1-2H3;3-4H2,1-2H3;1-2H3;1H3;1H4. The Balaban J connectivity index is -0.000000221. The quantitative estimate of drug-likeness (QED) is 0.0395. The number of halogens is 1. The second-order valence-corrected chi connectivity index (χ2v) is 35.8. The second kappa shape index (κ2) is 77.3. The third-order valence-electron chi connectivity index (χ3n) is 17.9. The fourth-order valence-electron chi connectivity index (χ4n) is 11.0. The highest BCUT2D eigenvalue weighted by Crippen LogP contribution is 2.30. The van der Waals surface area contributed by atoms with Gasteiger partial charge in [0.2, 0.25) is 0 Å². The molecule has 0 unspecified atom stereocenters. The Labute approximate surface area is 714 Å². The highest BCUT2D eigenvalue weighted by Gasteiger charge is 2.20. The van der Waals surface area contributed by atoms with Crippen LogP contribution in [0, 0.1) is 74.7 Å². The van der Waals surface area contributed by atoms with E-state index in [0.717, 1.165) is 0 Å². The van der Waals surface area contributed by atoms with Crippen molar-refractivity contribution in [1.29, 1.82) is 0 Å². The van der Waals surface area contributed by atoms with Gasteiger partial charge in [0.15, 0.2) is 0 Å². The molecule has 1 heteroatoms. The van der Waals surface area contributed by atoms with Crippen molar-refractivity contribution in [2.75, 3.05) is 5.83 Å². The first kappa shape index (κ1) is 120. The Morgan fingerprint density at radius 1 is 0.196 bits per heavy atom. The highest BCUT2D eigenvalue weighted by molar-refractivity contribution is 9.08. The van der Waals surface area contributed by atoms with Crippen LogP contribution in [0.5, 0.6) is 0 Å². The molecule has 0 fully saturated rings. The Kier molecular flexibility index (Phi) is 83.0. The molecule has 0 amide bonds. The average Bonchev–Trinajstić information content (AvgIpc) is 0.813. The molecule has 0 aliphatic heterocycles. The Hall–Kier alpha value is -4.98. The van der Waals surface area contributed by atoms with E-state index in [2.05, 4.69) is 396 Å². The molecule has 0 saturated heterocycles. The van der Waals surface area contributed by atoms with Crippen LogP contribution >= 0.6 is 15.9 Å². The number of aryl methyl sites for hydroxylation is 14. The largest absolute Gasteiger partial charge is 0.0966 e. The number of rotatable bonds is 25. The van der Waals surface area contributed by atoms with Crippen molar-refractivity contribution < 1.29 is 0 Å². The molecule has 112 heavy (non-hydrogen) atoms. The zero-order valence-corrected chi connectivity index (χ0v) is 82.7. The van der Waals surface area contributed by atoms with Gasteiger partial charge in [0.1, 0.15) is 0 Å². The van der Waals surface area contributed by atoms with Gasteiger partial charge in [-0.25, -0.2) is 0 Å². The molecule has 0 atom stereocenters. The molecule has 0 bridgehead atoms. The van der Waals surface area contributed by atoms with Gasteiger partial charge < -0.3 is 0 Å². The SMILES string of the molecule is C.CBr.CC.CC(C)(C)C.CCCC.CCCCC.CCCCCCC.CCCCCCc1cc(C)cc(CCCCCC)c1.CCCCCCc1ccc(C)cc1.CCCCc1ccc(C)cc1.Cc1cc(C(C)(C)C)cc(C(C)(C)C)c1.Cc1cc(C)cc(C)c1.Cc1ccc(C(C)(C)C)cc1.Cc1ccc(C)cc1. The van der Waals surface area contributed by atoms with Crippen LogP contribution in [0.2, 0.25) is 0 Å². The predicted molar refractivity (Wildman–Crippen MR) is 529 cm³/mol. The fourth-order valence-corrected chi connectivity index (χ4v) is 11.0. The van der Waals surface area contributed by atoms with Gasteiger partial charge in [-0.1, -0.05) is 532 Å². The lowest BCUT2D eigenvalue weighted by molar-refractivity contribution is 0.469. The molecule has 0 aliphatic rings. The number of alkyl halides is 1. The van der Waals surface area contributed by atoms with Crippen molar-refractivity contribution in [2.45, 2.75) is 446 Å². The van der Waals surface area contributed by atoms with Crippen molar-refractivity contribution in [2.24, 2.45) is 5.41 Å². The fraction of sp³-hybridized carbons (Fsp3) is 0.622. The van der Waals surface area contributed by atoms with E-state index in [9.17, 15) is 0 Å². The van der Waals surface area contributed by atoms with Gasteiger partial charge in [-0.05, 0) is 187 Å². The van der Waals surface area contributed by atoms with E-state index < -0.39 is 0 Å². The summed E-state index contributed by atoms with van der Waals surface area (Å²) in [5.41, 5.74) is 25.2. The van der Waals surface area contributed by atoms with Crippen LogP contribution in [0.3, 0.4) is 0 Å². The number of hydrogen-bond acceptors (Lipinski definition) is 0. The number of unbranched alkanes of at least 4 members (excludes halogenated alkanes) is 17. The van der Waals surface area contributed by atoms with Crippen molar-refractivity contribution in [1.82, 2.24) is 0 Å². The molecule has 0 radical (unpaired) electrons. The van der Waals surface area contributed by atoms with Gasteiger partial charge >= 0.3 is 0 Å². The maximum Gasteiger partial charge on any atom is -0.00848 e. The molecule has 0 nitrogen and oxygen atoms in total. The van der Waals surface area contributed by atoms with E-state index in [1.165, 1.54) is 263 Å². The first-order valence-corrected chi connectivity index (χ1v) is 46.7. The minimum Gasteiger partial charge on any atom is -0.0966 e. The maximum atomic E-state index is 2.94. The molecule has 7 aromatic rings. The topological polar surface area (TPSA) is 0 Å². The van der Waals surface area contributed by atoms with Crippen molar-refractivity contribution in [3.63, 3.8) is 0 Å². The Morgan fingerprint density at radius 2 is 0.402 bits per heavy atom. The van der Waals surface area contributed by atoms with E-state index in [1.54, 1.807) is 11.1 Å². The number of hydrogen-bond donors (Lipinski definition) is 0. The molecule has 0 spiro atoms. The van der Waals surface area contributed by atoms with Crippen LogP contribution < -0.4 is 0 Å². The molecule has 7 rings (SSSR count). The van der Waals surface area contributed by atoms with E-state index >= 15 is 0 Å². The van der Waals surface area contributed by atoms with Crippen molar-refractivity contribution >= 4 is 15.9 Å². The van der Waals surface area contributed by atoms with Crippen LogP contribution in [0.25, 0.3) is 0 Å². The van der Waals surface area contributed by atoms with Gasteiger partial charge in [0.05, 0.1) is 0 Å². The summed E-state index contributed by atoms with van der Waals surface area (Å²) in [6.45, 7) is 76.8. The lowest BCUT2D eigenvalue weighted by Crippen LogP contribution is -2.16. The molecule has 644 valence electrons. The summed E-state index contributed by atoms with van der Waals surface area (Å²) < 4.78 is 0. The minimum absolute atomic E-state index is 0. The molecule has 0 heterocycles. The average molecular weight is 1610 g/mol. The second-order valence-electron chi connectivity index (χ2n) is 35.8. The number of benzene rings is 7. The van der Waals surface area contributed by atoms with Crippen molar-refractivity contribution in [3.05, 3.63) is 246 Å². The normalized spacial score (nSPS) is 10.2. The summed E-state index contributed by atoms with van der Waals surface area (Å²) in [4.78, 5) is 0. The van der Waals surface area contributed by atoms with Gasteiger partial charge in [-0.3, -0.25) is 0 Å². The molecular weight excluding hydrogens is 1410 g/mol. The summed E-state index contributed by atoms with van der Waals surface area (Å²) in [7, 11) is 0. The summed E-state index contributed by atoms with van der Waals surface area (Å²) in [5, 5.41) is 0. The molecule has 0 aliphatic carbocycles. The summed E-state index contributed by atoms with van der Waals surface area (Å²) in [6.07, 6.45) is 37.7. The lowest BCUT2D eigenvalue weighted by Gasteiger charge is -2.25. The van der Waals surface area contributed by atoms with Crippen LogP contribution in [0.4, 0.5) is 0 Å². The van der Waals surface area contributed by atoms with Crippen molar-refractivity contribution in [3.8, 4) is 0 Å². The summed E-state index contributed by atoms with van der Waals surface area (Å²) >= 11 is 2.94. The molecule has 7 aromatic carbocycles. The van der Waals surface area contributed by atoms with Gasteiger partial charge in [-0.15, -0.1) is 0 Å². The van der Waals surface area contributed by atoms with Crippen LogP contribution in [-0.4, -0.2) is 5.83 Å². The molecular formula is C111H193Br. The third kappa shape index (κ3) is 81.6. The first-order valence-electron chi connectivity index (χ1n) is 45.1. The van der Waals surface area contributed by atoms with Crippen LogP contribution in [0.15, 0.2) is 152 Å². The molecule has 0 saturated carbocycles. The van der Waals surface area contributed by atoms with Crippen LogP contribution in [-0.2, 0) is 41.9 Å². The lowest BCUT2D eigenvalue weighted by atomic mass is 9.80. The van der Waals surface area contributed by atoms with E-state index in [0.29, 0.717) is 5.41 Å². The van der Waals surface area contributed by atoms with E-state index in [1.807, 2.05) is 19.7 Å². The third-order valence-corrected chi connectivity index (χ3v) is 17.9. The Bertz CT molecular complexity index is 2930. The van der Waals surface area contributed by atoms with Gasteiger partial charge in [0.25, 0.3) is 0 Å². The molecule has 0 N–H and O–H groups in total. The first-order chi connectivity index (χ1) is 52.2. The molecule has 0 aromatic heterocycles. The summed E-state index contributed by atoms with van der Waals surface area (Å²) in [6, 6.07) is 55.7. The summed E-state index contributed by atoms with van der Waals surface area (Å²) in [5.74, 6) is 1.81. The van der Waals surface area contributed by atoms with Gasteiger partial charge in [0, 0.05) is 0 Å². The van der Waals surface area contributed by atoms with E-state index in [4.69, 9.17) is 0 Å². The maximum absolute atomic E-state index is 2.94. The smallest absolute Gasteiger partial charge is 0.00848 e. The Morgan fingerprint density at radius 3 is 0.634 bits per heavy atom. The monoisotopic (exact) mass is 1610 g/mol. The predicted octanol–water partition coefficient (Wildman–Crippen LogP) is 38.2. The van der Waals surface area contributed by atoms with Crippen LogP contribution in [0.1, 0.15) is 429 Å². The highest BCUT2D eigenvalue weighted by atomic mass is 79.9. The minimum atomic E-state index is 0. The van der Waals surface area contributed by atoms with Gasteiger partial charge in [-0.2, -0.15) is 0 Å². The zero-order chi connectivity index (χ0) is 86.3. The van der Waals surface area contributed by atoms with E-state index in [-0.39, 0.29) is 23.7 Å². The zero-order valence-electron chi connectivity index (χ0n) is 81.1.